The minimum Gasteiger partial charge on any atom is -0.481 e. The van der Waals surface area contributed by atoms with Gasteiger partial charge in [0.2, 0.25) is 0 Å². The molecule has 426 valence electrons. The van der Waals surface area contributed by atoms with E-state index >= 15 is 0 Å². The number of aliphatic hydroxyl groups is 1. The lowest BCUT2D eigenvalue weighted by Gasteiger charge is -2.32. The molecule has 0 aromatic heterocycles. The molecule has 7 fully saturated rings. The van der Waals surface area contributed by atoms with Crippen molar-refractivity contribution in [1.29, 1.82) is 0 Å². The van der Waals surface area contributed by atoms with Gasteiger partial charge in [-0.05, 0) is 169 Å². The summed E-state index contributed by atoms with van der Waals surface area (Å²) in [6, 6.07) is 0. The molecule has 0 amide bonds. The first kappa shape index (κ1) is 65.2. The summed E-state index contributed by atoms with van der Waals surface area (Å²) in [5.74, 6) is -0.347. The molecule has 8 rings (SSSR count). The number of ether oxygens (including phenoxy) is 8. The molecule has 4 saturated carbocycles. The fourth-order valence-corrected chi connectivity index (χ4v) is 11.2. The summed E-state index contributed by atoms with van der Waals surface area (Å²) in [6.45, 7) is 18.1. The van der Waals surface area contributed by atoms with Gasteiger partial charge >= 0.3 is 23.9 Å². The number of hydrogen-bond acceptors (Lipinski definition) is 16. The van der Waals surface area contributed by atoms with Crippen LogP contribution in [0.4, 0.5) is 0 Å². The Morgan fingerprint density at radius 2 is 0.878 bits per heavy atom. The Balaban J connectivity index is 0.000000243. The van der Waals surface area contributed by atoms with E-state index in [0.29, 0.717) is 76.1 Å². The molecule has 8 aliphatic rings. The number of hydrogen-bond donors (Lipinski definition) is 2. The summed E-state index contributed by atoms with van der Waals surface area (Å²) in [5.41, 5.74) is 0. The first-order chi connectivity index (χ1) is 35.6. The molecule has 18 heteroatoms. The second kappa shape index (κ2) is 38.4. The van der Waals surface area contributed by atoms with Crippen molar-refractivity contribution in [3.8, 4) is 0 Å². The van der Waals surface area contributed by atoms with E-state index in [1.807, 2.05) is 33.1 Å². The number of carbonyl (C=O) groups is 5. The normalized spacial score (nSPS) is 28.2. The van der Waals surface area contributed by atoms with Crippen molar-refractivity contribution in [2.24, 2.45) is 28.7 Å². The quantitative estimate of drug-likeness (QED) is 0.0996. The van der Waals surface area contributed by atoms with Gasteiger partial charge in [-0.25, -0.2) is 0 Å². The Kier molecular flexibility index (Phi) is 33.9. The molecular weight excluding hydrogens is 971 g/mol. The van der Waals surface area contributed by atoms with E-state index in [1.165, 1.54) is 0 Å². The van der Waals surface area contributed by atoms with Crippen LogP contribution in [-0.2, 0) is 66.3 Å². The Bertz CT molecular complexity index is 1580. The molecule has 4 aliphatic heterocycles. The van der Waals surface area contributed by atoms with E-state index in [0.717, 1.165) is 161 Å². The highest BCUT2D eigenvalue weighted by atomic mass is 28.4. The van der Waals surface area contributed by atoms with Gasteiger partial charge in [0.05, 0.1) is 87.2 Å². The van der Waals surface area contributed by atoms with Gasteiger partial charge < -0.3 is 52.5 Å². The van der Waals surface area contributed by atoms with Crippen LogP contribution in [0.3, 0.4) is 0 Å². The molecule has 4 aliphatic carbocycles. The van der Waals surface area contributed by atoms with Crippen LogP contribution in [0, 0.1) is 23.7 Å². The van der Waals surface area contributed by atoms with Crippen LogP contribution < -0.4 is 0 Å². The molecule has 0 aromatic rings. The van der Waals surface area contributed by atoms with E-state index in [4.69, 9.17) is 47.4 Å². The number of rotatable bonds is 13. The summed E-state index contributed by atoms with van der Waals surface area (Å²) in [7, 11) is -1.43. The van der Waals surface area contributed by atoms with Crippen molar-refractivity contribution in [2.45, 2.75) is 225 Å². The van der Waals surface area contributed by atoms with Crippen LogP contribution in [0.15, 0.2) is 17.3 Å². The van der Waals surface area contributed by atoms with Crippen LogP contribution in [0.5, 0.6) is 0 Å². The van der Waals surface area contributed by atoms with Crippen molar-refractivity contribution in [2.75, 3.05) is 59.5 Å². The number of allylic oxidation sites excluding steroid dienone is 1. The lowest BCUT2D eigenvalue weighted by Crippen LogP contribution is -2.35. The fourth-order valence-electron chi connectivity index (χ4n) is 9.96. The molecule has 17 nitrogen and oxygen atoms in total. The van der Waals surface area contributed by atoms with Crippen molar-refractivity contribution >= 4 is 44.2 Å². The average Bonchev–Trinajstić information content (AvgIpc) is 4.00. The summed E-state index contributed by atoms with van der Waals surface area (Å²) in [6.07, 6.45) is 27.5. The first-order valence-electron chi connectivity index (χ1n) is 28.4. The Hall–Kier alpha value is -3.10. The minimum atomic E-state index is -1.43. The first-order valence-corrected chi connectivity index (χ1v) is 31.8. The van der Waals surface area contributed by atoms with Crippen LogP contribution in [-0.4, -0.2) is 150 Å². The molecule has 0 bridgehead atoms. The maximum absolute atomic E-state index is 11.6. The number of nitrogens with zero attached hydrogens (tertiary/aromatic N) is 1. The average molecular weight is 1070 g/mol. The van der Waals surface area contributed by atoms with Gasteiger partial charge in [0.1, 0.15) is 5.78 Å². The topological polar surface area (TPSA) is 221 Å². The molecule has 0 aromatic carbocycles. The number of aliphatic carboxylic acids is 1. The minimum absolute atomic E-state index is 0.0195. The maximum atomic E-state index is 11.6. The Labute approximate surface area is 444 Å². The molecule has 0 atom stereocenters. The number of aliphatic hydroxyl groups excluding tert-OH is 1. The van der Waals surface area contributed by atoms with Gasteiger partial charge in [-0.15, -0.1) is 0 Å². The third kappa shape index (κ3) is 29.4. The predicted octanol–water partition coefficient (Wildman–Crippen LogP) is 9.53. The second-order valence-electron chi connectivity index (χ2n) is 21.2. The van der Waals surface area contributed by atoms with Crippen LogP contribution >= 0.6 is 0 Å². The third-order valence-electron chi connectivity index (χ3n) is 14.1. The Morgan fingerprint density at radius 3 is 1.18 bits per heavy atom. The lowest BCUT2D eigenvalue weighted by molar-refractivity contribution is -0.151. The van der Waals surface area contributed by atoms with Crippen molar-refractivity contribution in [3.63, 3.8) is 0 Å². The molecular formula is C56H97NO16Si. The largest absolute Gasteiger partial charge is 0.481 e. The van der Waals surface area contributed by atoms with E-state index in [1.54, 1.807) is 6.20 Å². The number of ketones is 1. The standard InChI is InChI=1S/C14H24O4.C12H20O4.C12H24O3Si.C9H16O3.C5H8O2.C4H5N/c1-2-17-14(15)11-3-5-12(6-4-11)18-13-7-9-16-10-8-13;13-12(14)9-1-3-10(4-2-9)16-11-5-7-15-8-6-11;1-5-14-12(13)10-6-8-11(9-7-10)15-16(2,3)4;1-2-12-9(11)7-3-5-8(10)6-4-7;6-5-1-3-7-4-2-5;1-2-4-5-3-1/h11-13H,2-10H2,1H3;9-11H,1-8H2,(H,13,14);10-11H,5-9H2,1-4H3;7-8,10H,2-6H2,1H3;1-4H2;1,3-4H,2H2. The summed E-state index contributed by atoms with van der Waals surface area (Å²) < 4.78 is 48.7. The number of aliphatic imine (C=N–C) groups is 1. The van der Waals surface area contributed by atoms with Crippen molar-refractivity contribution < 1.29 is 76.5 Å². The lowest BCUT2D eigenvalue weighted by atomic mass is 9.87. The smallest absolute Gasteiger partial charge is 0.308 e. The monoisotopic (exact) mass is 1070 g/mol. The maximum Gasteiger partial charge on any atom is 0.308 e. The van der Waals surface area contributed by atoms with Gasteiger partial charge in [-0.2, -0.15) is 0 Å². The fraction of sp³-hybridized carbons (Fsp3) is 0.857. The van der Waals surface area contributed by atoms with Crippen molar-refractivity contribution in [1.82, 2.24) is 0 Å². The van der Waals surface area contributed by atoms with Gasteiger partial charge in [-0.1, -0.05) is 6.08 Å². The Morgan fingerprint density at radius 1 is 0.527 bits per heavy atom. The molecule has 0 spiro atoms. The predicted molar refractivity (Wildman–Crippen MR) is 284 cm³/mol. The van der Waals surface area contributed by atoms with Gasteiger partial charge in [0, 0.05) is 64.2 Å². The van der Waals surface area contributed by atoms with E-state index < -0.39 is 14.3 Å². The highest BCUT2D eigenvalue weighted by Gasteiger charge is 2.32. The van der Waals surface area contributed by atoms with Crippen LogP contribution in [0.25, 0.3) is 0 Å². The number of Topliss-reactive ketones (excluding diaryl/α,β-unsaturated/α-hetero) is 1. The molecule has 0 radical (unpaired) electrons. The number of carboxylic acids is 1. The van der Waals surface area contributed by atoms with Gasteiger partial charge in [0.15, 0.2) is 8.32 Å². The van der Waals surface area contributed by atoms with Gasteiger partial charge in [-0.3, -0.25) is 29.0 Å². The molecule has 3 saturated heterocycles. The molecule has 4 heterocycles. The number of carboxylic acid groups (broad SMARTS) is 1. The van der Waals surface area contributed by atoms with Crippen LogP contribution in [0.1, 0.15) is 168 Å². The van der Waals surface area contributed by atoms with E-state index in [2.05, 4.69) is 24.6 Å². The summed E-state index contributed by atoms with van der Waals surface area (Å²) in [4.78, 5) is 59.3. The number of esters is 3. The SMILES string of the molecule is C1=CN=CC1.CCOC(=O)C1CCC(O)CC1.CCOC(=O)C1CCC(OC2CCOCC2)CC1.CCOC(=O)C1CCC(O[Si](C)(C)C)CC1.O=C(O)C1CCC(OC2CCOCC2)CC1.O=C1CCOCC1. The van der Waals surface area contributed by atoms with E-state index in [9.17, 15) is 29.1 Å². The molecule has 2 N–H and O–H groups in total. The summed E-state index contributed by atoms with van der Waals surface area (Å²) in [5, 5.41) is 18.1. The summed E-state index contributed by atoms with van der Waals surface area (Å²) >= 11 is 0. The zero-order valence-electron chi connectivity index (χ0n) is 46.2. The second-order valence-corrected chi connectivity index (χ2v) is 25.7. The zero-order chi connectivity index (χ0) is 54.0. The van der Waals surface area contributed by atoms with E-state index in [-0.39, 0.29) is 53.8 Å². The zero-order valence-corrected chi connectivity index (χ0v) is 47.2. The number of carbonyl (C=O) groups excluding carboxylic acids is 4. The highest BCUT2D eigenvalue weighted by molar-refractivity contribution is 6.69. The molecule has 0 unspecified atom stereocenters. The third-order valence-corrected chi connectivity index (χ3v) is 15.2. The van der Waals surface area contributed by atoms with Crippen LogP contribution in [0.2, 0.25) is 19.6 Å². The molecule has 74 heavy (non-hydrogen) atoms. The van der Waals surface area contributed by atoms with Gasteiger partial charge in [0.25, 0.3) is 0 Å². The van der Waals surface area contributed by atoms with Crippen molar-refractivity contribution in [3.05, 3.63) is 12.3 Å². The highest BCUT2D eigenvalue weighted by Crippen LogP contribution is 2.32.